The van der Waals surface area contributed by atoms with Crippen LogP contribution in [0.5, 0.6) is 0 Å². The molecule has 15 heavy (non-hydrogen) atoms. The van der Waals surface area contributed by atoms with Crippen molar-refractivity contribution in [2.45, 2.75) is 19.9 Å². The monoisotopic (exact) mass is 228 g/mol. The first-order valence-corrected chi connectivity index (χ1v) is 5.77. The Kier molecular flexibility index (Phi) is 4.23. The third kappa shape index (κ3) is 3.28. The molecule has 1 heterocycles. The van der Waals surface area contributed by atoms with Crippen LogP contribution in [0.2, 0.25) is 0 Å². The van der Waals surface area contributed by atoms with E-state index < -0.39 is 5.97 Å². The molecule has 0 radical (unpaired) electrons. The molecule has 0 aliphatic rings. The second kappa shape index (κ2) is 5.23. The zero-order chi connectivity index (χ0) is 11.4. The third-order valence-electron chi connectivity index (χ3n) is 2.52. The molecular formula is C10H16N2O2S. The number of nitrogens with zero attached hydrogens (tertiary/aromatic N) is 2. The van der Waals surface area contributed by atoms with Gasteiger partial charge >= 0.3 is 5.97 Å². The Bertz CT molecular complexity index is 313. The zero-order valence-electron chi connectivity index (χ0n) is 9.17. The van der Waals surface area contributed by atoms with Crippen molar-refractivity contribution < 1.29 is 9.90 Å². The van der Waals surface area contributed by atoms with Crippen molar-refractivity contribution >= 4 is 17.3 Å². The Labute approximate surface area is 93.6 Å². The normalized spacial score (nSPS) is 15.2. The van der Waals surface area contributed by atoms with Crippen LogP contribution in [0, 0.1) is 5.92 Å². The highest BCUT2D eigenvalue weighted by Crippen LogP contribution is 2.19. The summed E-state index contributed by atoms with van der Waals surface area (Å²) in [6, 6.07) is 0.165. The van der Waals surface area contributed by atoms with Crippen molar-refractivity contribution in [1.82, 2.24) is 9.88 Å². The van der Waals surface area contributed by atoms with Crippen LogP contribution in [0.1, 0.15) is 25.6 Å². The molecule has 0 amide bonds. The van der Waals surface area contributed by atoms with Gasteiger partial charge in [-0.3, -0.25) is 9.69 Å². The first-order valence-electron chi connectivity index (χ1n) is 4.83. The van der Waals surface area contributed by atoms with Crippen LogP contribution >= 0.6 is 11.3 Å². The molecule has 0 aliphatic heterocycles. The first kappa shape index (κ1) is 12.1. The minimum atomic E-state index is -0.757. The summed E-state index contributed by atoms with van der Waals surface area (Å²) in [6.45, 7) is 4.28. The summed E-state index contributed by atoms with van der Waals surface area (Å²) < 4.78 is 0. The van der Waals surface area contributed by atoms with Gasteiger partial charge in [0.1, 0.15) is 0 Å². The van der Waals surface area contributed by atoms with Crippen LogP contribution in [0.4, 0.5) is 0 Å². The van der Waals surface area contributed by atoms with E-state index in [1.165, 1.54) is 0 Å². The number of aromatic nitrogens is 1. The number of rotatable bonds is 5. The van der Waals surface area contributed by atoms with Gasteiger partial charge in [0.15, 0.2) is 0 Å². The maximum atomic E-state index is 10.7. The molecule has 1 N–H and O–H groups in total. The van der Waals surface area contributed by atoms with Gasteiger partial charge in [-0.2, -0.15) is 0 Å². The molecule has 1 aromatic heterocycles. The van der Waals surface area contributed by atoms with Crippen LogP contribution in [0.15, 0.2) is 10.9 Å². The summed E-state index contributed by atoms with van der Waals surface area (Å²) in [5, 5.41) is 10.8. The summed E-state index contributed by atoms with van der Waals surface area (Å²) in [6.07, 6.45) is 0. The van der Waals surface area contributed by atoms with Gasteiger partial charge in [-0.1, -0.05) is 6.92 Å². The standard InChI is InChI=1S/C10H16N2O2S/c1-7(10(13)14)4-12(3)8(2)9-5-15-6-11-9/h5-8H,4H2,1-3H3,(H,13,14). The lowest BCUT2D eigenvalue weighted by molar-refractivity contribution is -0.141. The van der Waals surface area contributed by atoms with Gasteiger partial charge < -0.3 is 5.11 Å². The lowest BCUT2D eigenvalue weighted by Gasteiger charge is -2.24. The topological polar surface area (TPSA) is 53.4 Å². The zero-order valence-corrected chi connectivity index (χ0v) is 9.99. The molecular weight excluding hydrogens is 212 g/mol. The number of hydrogen-bond donors (Lipinski definition) is 1. The van der Waals surface area contributed by atoms with Crippen molar-refractivity contribution in [3.05, 3.63) is 16.6 Å². The predicted molar refractivity (Wildman–Crippen MR) is 60.0 cm³/mol. The Morgan fingerprint density at radius 1 is 1.67 bits per heavy atom. The minimum absolute atomic E-state index is 0.165. The van der Waals surface area contributed by atoms with Crippen LogP contribution in [0.25, 0.3) is 0 Å². The number of carboxylic acids is 1. The SMILES string of the molecule is CC(CN(C)C(C)c1cscn1)C(=O)O. The molecule has 2 unspecified atom stereocenters. The maximum Gasteiger partial charge on any atom is 0.307 e. The molecule has 0 saturated carbocycles. The molecule has 0 aliphatic carbocycles. The average Bonchev–Trinajstić information content (AvgIpc) is 2.68. The van der Waals surface area contributed by atoms with E-state index in [2.05, 4.69) is 4.98 Å². The van der Waals surface area contributed by atoms with Crippen LogP contribution < -0.4 is 0 Å². The van der Waals surface area contributed by atoms with Crippen LogP contribution in [0.3, 0.4) is 0 Å². The predicted octanol–water partition coefficient (Wildman–Crippen LogP) is 1.86. The fraction of sp³-hybridized carbons (Fsp3) is 0.600. The van der Waals surface area contributed by atoms with Gasteiger partial charge in [-0.05, 0) is 14.0 Å². The number of thiazole rings is 1. The molecule has 1 rings (SSSR count). The van der Waals surface area contributed by atoms with Gasteiger partial charge in [0.2, 0.25) is 0 Å². The summed E-state index contributed by atoms with van der Waals surface area (Å²) in [5.41, 5.74) is 2.79. The summed E-state index contributed by atoms with van der Waals surface area (Å²) in [5.74, 6) is -1.11. The maximum absolute atomic E-state index is 10.7. The fourth-order valence-corrected chi connectivity index (χ4v) is 1.96. The van der Waals surface area contributed by atoms with Crippen molar-refractivity contribution in [2.75, 3.05) is 13.6 Å². The van der Waals surface area contributed by atoms with Gasteiger partial charge in [0.25, 0.3) is 0 Å². The van der Waals surface area contributed by atoms with Crippen molar-refractivity contribution in [1.29, 1.82) is 0 Å². The average molecular weight is 228 g/mol. The molecule has 2 atom stereocenters. The molecule has 1 aromatic rings. The first-order chi connectivity index (χ1) is 7.02. The smallest absolute Gasteiger partial charge is 0.307 e. The molecule has 84 valence electrons. The van der Waals surface area contributed by atoms with E-state index >= 15 is 0 Å². The van der Waals surface area contributed by atoms with Crippen molar-refractivity contribution in [3.63, 3.8) is 0 Å². The number of carbonyl (C=O) groups is 1. The fourth-order valence-electron chi connectivity index (χ4n) is 1.32. The third-order valence-corrected chi connectivity index (χ3v) is 3.13. The second-order valence-electron chi connectivity index (χ2n) is 3.77. The molecule has 0 spiro atoms. The Balaban J connectivity index is 2.54. The van der Waals surface area contributed by atoms with E-state index in [4.69, 9.17) is 5.11 Å². The number of aliphatic carboxylic acids is 1. The van der Waals surface area contributed by atoms with Gasteiger partial charge in [-0.15, -0.1) is 11.3 Å². The Hall–Kier alpha value is -0.940. The summed E-state index contributed by atoms with van der Waals surface area (Å²) in [7, 11) is 1.92. The van der Waals surface area contributed by atoms with Crippen molar-refractivity contribution in [2.24, 2.45) is 5.92 Å². The van der Waals surface area contributed by atoms with E-state index in [1.54, 1.807) is 23.8 Å². The van der Waals surface area contributed by atoms with Crippen LogP contribution in [-0.2, 0) is 4.79 Å². The van der Waals surface area contributed by atoms with Gasteiger partial charge in [-0.25, -0.2) is 4.98 Å². The molecule has 0 fully saturated rings. The van der Waals surface area contributed by atoms with Gasteiger partial charge in [0, 0.05) is 18.0 Å². The largest absolute Gasteiger partial charge is 0.481 e. The van der Waals surface area contributed by atoms with E-state index in [-0.39, 0.29) is 12.0 Å². The second-order valence-corrected chi connectivity index (χ2v) is 4.49. The molecule has 5 heteroatoms. The lowest BCUT2D eigenvalue weighted by atomic mass is 10.1. The highest BCUT2D eigenvalue weighted by Gasteiger charge is 2.19. The van der Waals surface area contributed by atoms with E-state index in [1.807, 2.05) is 24.3 Å². The lowest BCUT2D eigenvalue weighted by Crippen LogP contribution is -2.30. The van der Waals surface area contributed by atoms with Gasteiger partial charge in [0.05, 0.1) is 17.1 Å². The molecule has 0 bridgehead atoms. The van der Waals surface area contributed by atoms with Crippen molar-refractivity contribution in [3.8, 4) is 0 Å². The van der Waals surface area contributed by atoms with E-state index in [0.29, 0.717) is 6.54 Å². The summed E-state index contributed by atoms with van der Waals surface area (Å²) in [4.78, 5) is 16.9. The quantitative estimate of drug-likeness (QED) is 0.835. The summed E-state index contributed by atoms with van der Waals surface area (Å²) >= 11 is 1.56. The van der Waals surface area contributed by atoms with Crippen LogP contribution in [-0.4, -0.2) is 34.6 Å². The Morgan fingerprint density at radius 2 is 2.33 bits per heavy atom. The van der Waals surface area contributed by atoms with E-state index in [9.17, 15) is 4.79 Å². The van der Waals surface area contributed by atoms with E-state index in [0.717, 1.165) is 5.69 Å². The molecule has 4 nitrogen and oxygen atoms in total. The number of carboxylic acid groups (broad SMARTS) is 1. The number of hydrogen-bond acceptors (Lipinski definition) is 4. The highest BCUT2D eigenvalue weighted by atomic mass is 32.1. The molecule has 0 saturated heterocycles. The Morgan fingerprint density at radius 3 is 2.80 bits per heavy atom. The molecule has 0 aromatic carbocycles. The minimum Gasteiger partial charge on any atom is -0.481 e. The highest BCUT2D eigenvalue weighted by molar-refractivity contribution is 7.07.